The van der Waals surface area contributed by atoms with Crippen LogP contribution in [0.2, 0.25) is 0 Å². The molecule has 94 valence electrons. The summed E-state index contributed by atoms with van der Waals surface area (Å²) in [6.45, 7) is 1.01. The minimum atomic E-state index is -5.04. The Bertz CT molecular complexity index is 425. The fourth-order valence-electron chi connectivity index (χ4n) is 1.17. The van der Waals surface area contributed by atoms with Gasteiger partial charge in [-0.2, -0.15) is 0 Å². The van der Waals surface area contributed by atoms with Crippen LogP contribution in [0.5, 0.6) is 5.75 Å². The van der Waals surface area contributed by atoms with E-state index in [0.717, 1.165) is 19.1 Å². The van der Waals surface area contributed by atoms with E-state index in [4.69, 9.17) is 0 Å². The molecule has 1 aromatic carbocycles. The van der Waals surface area contributed by atoms with Gasteiger partial charge in [0.25, 0.3) is 6.43 Å². The molecule has 0 N–H and O–H groups in total. The van der Waals surface area contributed by atoms with E-state index in [1.165, 1.54) is 0 Å². The molecule has 1 aromatic rings. The number of rotatable bonds is 3. The number of Topliss-reactive ketones (excluding diaryl/α,β-unsaturated/α-hetero) is 1. The predicted molar refractivity (Wildman–Crippen MR) is 48.1 cm³/mol. The Kier molecular flexibility index (Phi) is 3.69. The molecule has 0 atom stereocenters. The summed E-state index contributed by atoms with van der Waals surface area (Å²) in [4.78, 5) is 11.0. The van der Waals surface area contributed by atoms with E-state index in [9.17, 15) is 26.7 Å². The van der Waals surface area contributed by atoms with Crippen molar-refractivity contribution in [1.82, 2.24) is 0 Å². The van der Waals surface area contributed by atoms with E-state index in [-0.39, 0.29) is 0 Å². The highest BCUT2D eigenvalue weighted by Crippen LogP contribution is 2.31. The van der Waals surface area contributed by atoms with Gasteiger partial charge < -0.3 is 4.74 Å². The van der Waals surface area contributed by atoms with E-state index >= 15 is 0 Å². The molecule has 17 heavy (non-hydrogen) atoms. The van der Waals surface area contributed by atoms with Gasteiger partial charge in [0.1, 0.15) is 5.75 Å². The molecular formula is C10H7F5O2. The lowest BCUT2D eigenvalue weighted by Crippen LogP contribution is -2.19. The number of benzene rings is 1. The highest BCUT2D eigenvalue weighted by atomic mass is 19.4. The van der Waals surface area contributed by atoms with Crippen LogP contribution in [-0.4, -0.2) is 12.1 Å². The first kappa shape index (κ1) is 13.4. The molecule has 0 spiro atoms. The smallest absolute Gasteiger partial charge is 0.405 e. The molecule has 7 heteroatoms. The molecule has 0 saturated heterocycles. The third-order valence-corrected chi connectivity index (χ3v) is 1.86. The normalized spacial score (nSPS) is 11.7. The van der Waals surface area contributed by atoms with Crippen molar-refractivity contribution in [2.75, 3.05) is 0 Å². The van der Waals surface area contributed by atoms with Crippen LogP contribution in [0.15, 0.2) is 18.2 Å². The Morgan fingerprint density at radius 2 is 1.88 bits per heavy atom. The van der Waals surface area contributed by atoms with Gasteiger partial charge in [-0.05, 0) is 19.1 Å². The number of carbonyl (C=O) groups is 1. The Morgan fingerprint density at radius 3 is 2.29 bits per heavy atom. The predicted octanol–water partition coefficient (Wildman–Crippen LogP) is 3.73. The van der Waals surface area contributed by atoms with E-state index in [0.29, 0.717) is 6.07 Å². The zero-order valence-electron chi connectivity index (χ0n) is 8.52. The minimum absolute atomic E-state index is 0.397. The summed E-state index contributed by atoms with van der Waals surface area (Å²) in [5, 5.41) is 0. The van der Waals surface area contributed by atoms with Crippen LogP contribution in [0, 0.1) is 0 Å². The van der Waals surface area contributed by atoms with Gasteiger partial charge in [0.2, 0.25) is 0 Å². The third kappa shape index (κ3) is 3.69. The maximum atomic E-state index is 12.3. The Hall–Kier alpha value is -1.66. The zero-order chi connectivity index (χ0) is 13.2. The molecule has 0 aliphatic carbocycles. The van der Waals surface area contributed by atoms with Crippen LogP contribution in [0.25, 0.3) is 0 Å². The first-order chi connectivity index (χ1) is 7.70. The standard InChI is InChI=1S/C10H7F5O2/c1-5(16)7-3-2-6(9(11)12)4-8(7)17-10(13,14)15/h2-4,9H,1H3. The molecule has 0 aliphatic heterocycles. The molecule has 0 heterocycles. The Morgan fingerprint density at radius 1 is 1.29 bits per heavy atom. The third-order valence-electron chi connectivity index (χ3n) is 1.86. The SMILES string of the molecule is CC(=O)c1ccc(C(F)F)cc1OC(F)(F)F. The summed E-state index contributed by atoms with van der Waals surface area (Å²) in [7, 11) is 0. The second-order valence-corrected chi connectivity index (χ2v) is 3.16. The van der Waals surface area contributed by atoms with Crippen LogP contribution in [0.3, 0.4) is 0 Å². The molecule has 1 rings (SSSR count). The van der Waals surface area contributed by atoms with E-state index in [2.05, 4.69) is 4.74 Å². The minimum Gasteiger partial charge on any atom is -0.405 e. The van der Waals surface area contributed by atoms with Crippen LogP contribution in [0.4, 0.5) is 22.0 Å². The number of ether oxygens (including phenoxy) is 1. The number of alkyl halides is 5. The summed E-state index contributed by atoms with van der Waals surface area (Å²) in [5.74, 6) is -1.62. The van der Waals surface area contributed by atoms with Crippen molar-refractivity contribution in [3.8, 4) is 5.75 Å². The summed E-state index contributed by atoms with van der Waals surface area (Å²) in [6.07, 6.45) is -7.98. The fraction of sp³-hybridized carbons (Fsp3) is 0.300. The molecule has 0 amide bonds. The lowest BCUT2D eigenvalue weighted by molar-refractivity contribution is -0.274. The highest BCUT2D eigenvalue weighted by Gasteiger charge is 2.33. The molecule has 0 fully saturated rings. The average molecular weight is 254 g/mol. The first-order valence-corrected chi connectivity index (χ1v) is 4.39. The van der Waals surface area contributed by atoms with Crippen molar-refractivity contribution in [1.29, 1.82) is 0 Å². The lowest BCUT2D eigenvalue weighted by atomic mass is 10.1. The monoisotopic (exact) mass is 254 g/mol. The Balaban J connectivity index is 3.21. The summed E-state index contributed by atoms with van der Waals surface area (Å²) in [5.41, 5.74) is -1.04. The number of hydrogen-bond acceptors (Lipinski definition) is 2. The molecular weight excluding hydrogens is 247 g/mol. The van der Waals surface area contributed by atoms with Crippen molar-refractivity contribution in [3.05, 3.63) is 29.3 Å². The van der Waals surface area contributed by atoms with E-state index < -0.39 is 35.4 Å². The van der Waals surface area contributed by atoms with Crippen LogP contribution in [0.1, 0.15) is 29.3 Å². The van der Waals surface area contributed by atoms with Gasteiger partial charge in [0, 0.05) is 5.56 Å². The number of halogens is 5. The quantitative estimate of drug-likeness (QED) is 0.607. The van der Waals surface area contributed by atoms with Crippen molar-refractivity contribution < 1.29 is 31.5 Å². The molecule has 0 aromatic heterocycles. The van der Waals surface area contributed by atoms with Crippen molar-refractivity contribution in [2.24, 2.45) is 0 Å². The van der Waals surface area contributed by atoms with Crippen LogP contribution >= 0.6 is 0 Å². The van der Waals surface area contributed by atoms with Crippen LogP contribution < -0.4 is 4.74 Å². The fourth-order valence-corrected chi connectivity index (χ4v) is 1.17. The number of hydrogen-bond donors (Lipinski definition) is 0. The number of carbonyl (C=O) groups excluding carboxylic acids is 1. The Labute approximate surface area is 93.0 Å². The maximum Gasteiger partial charge on any atom is 0.573 e. The van der Waals surface area contributed by atoms with E-state index in [1.54, 1.807) is 0 Å². The summed E-state index contributed by atoms with van der Waals surface area (Å²) >= 11 is 0. The van der Waals surface area contributed by atoms with Gasteiger partial charge in [-0.1, -0.05) is 6.07 Å². The largest absolute Gasteiger partial charge is 0.573 e. The maximum absolute atomic E-state index is 12.3. The lowest BCUT2D eigenvalue weighted by Gasteiger charge is -2.13. The zero-order valence-corrected chi connectivity index (χ0v) is 8.52. The van der Waals surface area contributed by atoms with Crippen molar-refractivity contribution in [2.45, 2.75) is 19.7 Å². The average Bonchev–Trinajstić information content (AvgIpc) is 2.14. The van der Waals surface area contributed by atoms with Crippen molar-refractivity contribution in [3.63, 3.8) is 0 Å². The number of ketones is 1. The highest BCUT2D eigenvalue weighted by molar-refractivity contribution is 5.96. The van der Waals surface area contributed by atoms with Gasteiger partial charge in [-0.25, -0.2) is 8.78 Å². The summed E-state index contributed by atoms with van der Waals surface area (Å²) < 4.78 is 64.1. The van der Waals surface area contributed by atoms with Gasteiger partial charge in [0.15, 0.2) is 5.78 Å². The van der Waals surface area contributed by atoms with Gasteiger partial charge in [-0.15, -0.1) is 13.2 Å². The van der Waals surface area contributed by atoms with Gasteiger partial charge in [-0.3, -0.25) is 4.79 Å². The second-order valence-electron chi connectivity index (χ2n) is 3.16. The van der Waals surface area contributed by atoms with Crippen LogP contribution in [-0.2, 0) is 0 Å². The van der Waals surface area contributed by atoms with E-state index in [1.807, 2.05) is 0 Å². The summed E-state index contributed by atoms with van der Waals surface area (Å²) in [6, 6.07) is 2.27. The van der Waals surface area contributed by atoms with Gasteiger partial charge in [0.05, 0.1) is 5.56 Å². The topological polar surface area (TPSA) is 26.3 Å². The molecule has 0 radical (unpaired) electrons. The molecule has 0 unspecified atom stereocenters. The molecule has 0 saturated carbocycles. The second kappa shape index (κ2) is 4.68. The molecule has 2 nitrogen and oxygen atoms in total. The van der Waals surface area contributed by atoms with Crippen molar-refractivity contribution >= 4 is 5.78 Å². The first-order valence-electron chi connectivity index (χ1n) is 4.39. The van der Waals surface area contributed by atoms with Gasteiger partial charge >= 0.3 is 6.36 Å². The molecule has 0 aliphatic rings. The molecule has 0 bridgehead atoms.